The summed E-state index contributed by atoms with van der Waals surface area (Å²) in [5.41, 5.74) is 0.239. The summed E-state index contributed by atoms with van der Waals surface area (Å²) in [6.07, 6.45) is 6.57. The molecule has 3 rings (SSSR count). The molecular weight excluding hydrogens is 250 g/mol. The van der Waals surface area contributed by atoms with Gasteiger partial charge < -0.3 is 10.1 Å². The maximum atomic E-state index is 6.06. The van der Waals surface area contributed by atoms with E-state index < -0.39 is 0 Å². The van der Waals surface area contributed by atoms with Gasteiger partial charge in [0.1, 0.15) is 0 Å². The fourth-order valence-corrected chi connectivity index (χ4v) is 5.76. The van der Waals surface area contributed by atoms with E-state index in [0.717, 1.165) is 11.9 Å². The Balaban J connectivity index is 1.46. The summed E-state index contributed by atoms with van der Waals surface area (Å²) >= 11 is 4.22. The molecule has 0 aromatic heterocycles. The van der Waals surface area contributed by atoms with Crippen molar-refractivity contribution in [2.45, 2.75) is 49.0 Å². The maximum absolute atomic E-state index is 6.06. The van der Waals surface area contributed by atoms with Crippen LogP contribution in [0.5, 0.6) is 0 Å². The van der Waals surface area contributed by atoms with E-state index in [9.17, 15) is 0 Å². The van der Waals surface area contributed by atoms with E-state index in [-0.39, 0.29) is 5.60 Å². The molecule has 0 radical (unpaired) electrons. The lowest BCUT2D eigenvalue weighted by atomic mass is 9.90. The maximum Gasteiger partial charge on any atom is 0.0795 e. The topological polar surface area (TPSA) is 21.3 Å². The zero-order chi connectivity index (χ0) is 11.6. The molecule has 3 aliphatic rings. The molecule has 0 bridgehead atoms. The van der Waals surface area contributed by atoms with E-state index in [1.165, 1.54) is 55.9 Å². The normalized spacial score (nSPS) is 42.4. The highest BCUT2D eigenvalue weighted by atomic mass is 32.2. The Hall–Kier alpha value is 0.620. The number of hydrogen-bond donors (Lipinski definition) is 1. The van der Waals surface area contributed by atoms with Crippen LogP contribution in [-0.2, 0) is 4.74 Å². The number of hydrogen-bond acceptors (Lipinski definition) is 4. The number of nitrogens with one attached hydrogen (secondary N) is 1. The first-order valence-corrected chi connectivity index (χ1v) is 9.13. The third-order valence-electron chi connectivity index (χ3n) is 4.22. The third-order valence-corrected chi connectivity index (χ3v) is 6.84. The Bertz CT molecular complexity index is 250. The predicted molar refractivity (Wildman–Crippen MR) is 77.1 cm³/mol. The standard InChI is InChI=1S/C13H23NOS2/c1-2-12(17-6-1)9-14-11-3-5-15-13(8-11)4-7-16-10-13/h11-12,14H,1-10H2. The molecule has 0 amide bonds. The van der Waals surface area contributed by atoms with Crippen LogP contribution in [0, 0.1) is 0 Å². The van der Waals surface area contributed by atoms with E-state index in [2.05, 4.69) is 28.8 Å². The van der Waals surface area contributed by atoms with Gasteiger partial charge in [0.05, 0.1) is 5.60 Å². The molecule has 98 valence electrons. The summed E-state index contributed by atoms with van der Waals surface area (Å²) in [6.45, 7) is 2.19. The highest BCUT2D eigenvalue weighted by molar-refractivity contribution is 8.00. The quantitative estimate of drug-likeness (QED) is 0.852. The molecule has 3 fully saturated rings. The van der Waals surface area contributed by atoms with Gasteiger partial charge in [-0.1, -0.05) is 0 Å². The van der Waals surface area contributed by atoms with Crippen LogP contribution in [0.15, 0.2) is 0 Å². The summed E-state index contributed by atoms with van der Waals surface area (Å²) in [5, 5.41) is 4.69. The molecule has 0 aromatic rings. The lowest BCUT2D eigenvalue weighted by molar-refractivity contribution is -0.0699. The predicted octanol–water partition coefficient (Wildman–Crippen LogP) is 2.53. The van der Waals surface area contributed by atoms with Crippen molar-refractivity contribution in [3.63, 3.8) is 0 Å². The highest BCUT2D eigenvalue weighted by Gasteiger charge is 2.40. The second-order valence-corrected chi connectivity index (χ2v) is 8.08. The van der Waals surface area contributed by atoms with Crippen molar-refractivity contribution in [3.05, 3.63) is 0 Å². The first-order valence-electron chi connectivity index (χ1n) is 6.93. The monoisotopic (exact) mass is 273 g/mol. The zero-order valence-electron chi connectivity index (χ0n) is 10.5. The van der Waals surface area contributed by atoms with Crippen molar-refractivity contribution >= 4 is 23.5 Å². The van der Waals surface area contributed by atoms with E-state index in [1.54, 1.807) is 0 Å². The molecule has 3 atom stereocenters. The molecule has 4 heteroatoms. The minimum Gasteiger partial charge on any atom is -0.374 e. The van der Waals surface area contributed by atoms with Crippen molar-refractivity contribution in [1.29, 1.82) is 0 Å². The Morgan fingerprint density at radius 2 is 2.29 bits per heavy atom. The van der Waals surface area contributed by atoms with Gasteiger partial charge in [-0.05, 0) is 43.6 Å². The highest BCUT2D eigenvalue weighted by Crippen LogP contribution is 2.38. The van der Waals surface area contributed by atoms with Crippen molar-refractivity contribution in [3.8, 4) is 0 Å². The van der Waals surface area contributed by atoms with Gasteiger partial charge >= 0.3 is 0 Å². The van der Waals surface area contributed by atoms with Gasteiger partial charge in [0.15, 0.2) is 0 Å². The molecule has 0 aromatic carbocycles. The van der Waals surface area contributed by atoms with Crippen molar-refractivity contribution in [2.75, 3.05) is 30.4 Å². The van der Waals surface area contributed by atoms with Crippen molar-refractivity contribution < 1.29 is 4.74 Å². The smallest absolute Gasteiger partial charge is 0.0795 e. The zero-order valence-corrected chi connectivity index (χ0v) is 12.1. The third kappa shape index (κ3) is 3.14. The van der Waals surface area contributed by atoms with Crippen LogP contribution in [-0.4, -0.2) is 47.3 Å². The molecule has 3 heterocycles. The first kappa shape index (κ1) is 12.6. The first-order chi connectivity index (χ1) is 8.36. The summed E-state index contributed by atoms with van der Waals surface area (Å²) < 4.78 is 6.06. The van der Waals surface area contributed by atoms with Gasteiger partial charge in [0.25, 0.3) is 0 Å². The van der Waals surface area contributed by atoms with Crippen LogP contribution in [0.1, 0.15) is 32.1 Å². The largest absolute Gasteiger partial charge is 0.374 e. The van der Waals surface area contributed by atoms with Crippen LogP contribution in [0.25, 0.3) is 0 Å². The lowest BCUT2D eigenvalue weighted by Crippen LogP contribution is -2.48. The van der Waals surface area contributed by atoms with Crippen LogP contribution in [0.3, 0.4) is 0 Å². The molecule has 3 aliphatic heterocycles. The van der Waals surface area contributed by atoms with Gasteiger partial charge in [-0.15, -0.1) is 0 Å². The van der Waals surface area contributed by atoms with Crippen LogP contribution in [0.4, 0.5) is 0 Å². The lowest BCUT2D eigenvalue weighted by Gasteiger charge is -2.38. The molecule has 17 heavy (non-hydrogen) atoms. The second kappa shape index (κ2) is 5.72. The molecular formula is C13H23NOS2. The Morgan fingerprint density at radius 1 is 1.29 bits per heavy atom. The molecule has 2 nitrogen and oxygen atoms in total. The second-order valence-electron chi connectivity index (χ2n) is 5.57. The summed E-state index contributed by atoms with van der Waals surface area (Å²) in [5.74, 6) is 3.90. The molecule has 1 N–H and O–H groups in total. The number of thioether (sulfide) groups is 2. The molecule has 3 unspecified atom stereocenters. The van der Waals surface area contributed by atoms with Gasteiger partial charge in [-0.25, -0.2) is 0 Å². The van der Waals surface area contributed by atoms with Crippen molar-refractivity contribution in [2.24, 2.45) is 0 Å². The van der Waals surface area contributed by atoms with E-state index in [0.29, 0.717) is 6.04 Å². The molecule has 0 saturated carbocycles. The van der Waals surface area contributed by atoms with Crippen LogP contribution < -0.4 is 5.32 Å². The van der Waals surface area contributed by atoms with Gasteiger partial charge in [-0.2, -0.15) is 23.5 Å². The Labute approximate surface area is 113 Å². The summed E-state index contributed by atoms with van der Waals surface area (Å²) in [7, 11) is 0. The number of ether oxygens (including phenoxy) is 1. The Morgan fingerprint density at radius 3 is 3.06 bits per heavy atom. The summed E-state index contributed by atoms with van der Waals surface area (Å²) in [6, 6.07) is 0.712. The van der Waals surface area contributed by atoms with Gasteiger partial charge in [0.2, 0.25) is 0 Å². The molecule has 0 aliphatic carbocycles. The van der Waals surface area contributed by atoms with Crippen LogP contribution in [0.2, 0.25) is 0 Å². The van der Waals surface area contributed by atoms with E-state index >= 15 is 0 Å². The SMILES string of the molecule is C1CSC(CNC2CCOC3(CCSC3)C2)C1. The average molecular weight is 273 g/mol. The average Bonchev–Trinajstić information content (AvgIpc) is 2.99. The van der Waals surface area contributed by atoms with Gasteiger partial charge in [-0.3, -0.25) is 0 Å². The summed E-state index contributed by atoms with van der Waals surface area (Å²) in [4.78, 5) is 0. The van der Waals surface area contributed by atoms with E-state index in [4.69, 9.17) is 4.74 Å². The van der Waals surface area contributed by atoms with Gasteiger partial charge in [0, 0.05) is 30.2 Å². The van der Waals surface area contributed by atoms with Crippen molar-refractivity contribution in [1.82, 2.24) is 5.32 Å². The molecule has 1 spiro atoms. The minimum atomic E-state index is 0.239. The number of rotatable bonds is 3. The fraction of sp³-hybridized carbons (Fsp3) is 1.00. The van der Waals surface area contributed by atoms with E-state index in [1.807, 2.05) is 0 Å². The fourth-order valence-electron chi connectivity index (χ4n) is 3.17. The van der Waals surface area contributed by atoms with Crippen LogP contribution >= 0.6 is 23.5 Å². The molecule has 3 saturated heterocycles. The minimum absolute atomic E-state index is 0.239. The Kier molecular flexibility index (Phi) is 4.26.